The van der Waals surface area contributed by atoms with Crippen molar-refractivity contribution in [1.82, 2.24) is 14.9 Å². The van der Waals surface area contributed by atoms with E-state index >= 15 is 0 Å². The van der Waals surface area contributed by atoms with E-state index in [4.69, 9.17) is 0 Å². The van der Waals surface area contributed by atoms with Crippen LogP contribution in [0.4, 0.5) is 17.3 Å². The van der Waals surface area contributed by atoms with Gasteiger partial charge in [0.1, 0.15) is 18.0 Å². The summed E-state index contributed by atoms with van der Waals surface area (Å²) in [4.78, 5) is 25.9. The van der Waals surface area contributed by atoms with E-state index in [1.54, 1.807) is 11.2 Å². The highest BCUT2D eigenvalue weighted by molar-refractivity contribution is 5.63. The van der Waals surface area contributed by atoms with E-state index in [0.29, 0.717) is 0 Å². The van der Waals surface area contributed by atoms with Gasteiger partial charge in [0.05, 0.1) is 0 Å². The van der Waals surface area contributed by atoms with Crippen LogP contribution in [0.5, 0.6) is 0 Å². The van der Waals surface area contributed by atoms with Crippen molar-refractivity contribution < 1.29 is 4.79 Å². The topological polar surface area (TPSA) is 52.6 Å². The van der Waals surface area contributed by atoms with E-state index in [1.165, 1.54) is 5.56 Å². The first-order valence-corrected chi connectivity index (χ1v) is 8.32. The molecule has 0 spiro atoms. The number of carbonyl (C=O) groups is 1. The number of carbonyl (C=O) groups excluding carboxylic acids is 1. The third kappa shape index (κ3) is 3.48. The maximum absolute atomic E-state index is 10.8. The Bertz CT molecular complexity index is 697. The van der Waals surface area contributed by atoms with E-state index in [9.17, 15) is 4.79 Å². The van der Waals surface area contributed by atoms with Crippen LogP contribution in [0.25, 0.3) is 0 Å². The molecule has 1 aromatic heterocycles. The molecule has 1 saturated heterocycles. The molecule has 1 fully saturated rings. The van der Waals surface area contributed by atoms with Gasteiger partial charge in [-0.1, -0.05) is 12.1 Å². The highest BCUT2D eigenvalue weighted by atomic mass is 16.1. The zero-order valence-electron chi connectivity index (χ0n) is 14.2. The summed E-state index contributed by atoms with van der Waals surface area (Å²) >= 11 is 0. The predicted octanol–water partition coefficient (Wildman–Crippen LogP) is 2.22. The van der Waals surface area contributed by atoms with Crippen molar-refractivity contribution in [2.45, 2.75) is 13.8 Å². The van der Waals surface area contributed by atoms with Crippen LogP contribution in [0.3, 0.4) is 0 Å². The number of benzene rings is 1. The fourth-order valence-electron chi connectivity index (χ4n) is 2.99. The summed E-state index contributed by atoms with van der Waals surface area (Å²) < 4.78 is 0. The minimum atomic E-state index is 0.734. The van der Waals surface area contributed by atoms with Crippen LogP contribution in [0.1, 0.15) is 12.5 Å². The van der Waals surface area contributed by atoms with Gasteiger partial charge in [-0.05, 0) is 31.5 Å². The average molecular weight is 325 g/mol. The monoisotopic (exact) mass is 325 g/mol. The smallest absolute Gasteiger partial charge is 0.209 e. The van der Waals surface area contributed by atoms with E-state index in [2.05, 4.69) is 57.9 Å². The molecule has 0 unspecified atom stereocenters. The number of aryl methyl sites for hydroxylation is 1. The zero-order valence-corrected chi connectivity index (χ0v) is 14.2. The Balaban J connectivity index is 1.82. The molecule has 24 heavy (non-hydrogen) atoms. The van der Waals surface area contributed by atoms with Crippen LogP contribution in [0, 0.1) is 6.92 Å². The number of anilines is 3. The lowest BCUT2D eigenvalue weighted by Gasteiger charge is -2.33. The molecule has 0 bridgehead atoms. The summed E-state index contributed by atoms with van der Waals surface area (Å²) in [6.45, 7) is 8.11. The lowest BCUT2D eigenvalue weighted by molar-refractivity contribution is -0.118. The lowest BCUT2D eigenvalue weighted by atomic mass is 10.2. The van der Waals surface area contributed by atoms with Crippen molar-refractivity contribution in [3.05, 3.63) is 42.2 Å². The second-order valence-electron chi connectivity index (χ2n) is 5.95. The van der Waals surface area contributed by atoms with Crippen LogP contribution in [-0.2, 0) is 4.79 Å². The Hall–Kier alpha value is -2.63. The molecule has 0 N–H and O–H groups in total. The summed E-state index contributed by atoms with van der Waals surface area (Å²) in [6, 6.07) is 10.4. The minimum absolute atomic E-state index is 0.734. The van der Waals surface area contributed by atoms with Gasteiger partial charge >= 0.3 is 0 Å². The van der Waals surface area contributed by atoms with Gasteiger partial charge in [0.15, 0.2) is 0 Å². The second-order valence-corrected chi connectivity index (χ2v) is 5.95. The van der Waals surface area contributed by atoms with Crippen molar-refractivity contribution in [3.63, 3.8) is 0 Å². The third-order valence-electron chi connectivity index (χ3n) is 4.33. The molecule has 1 aliphatic rings. The second kappa shape index (κ2) is 7.29. The molecule has 6 nitrogen and oxygen atoms in total. The molecule has 1 aliphatic heterocycles. The first-order chi connectivity index (χ1) is 11.7. The first kappa shape index (κ1) is 16.2. The van der Waals surface area contributed by atoms with Gasteiger partial charge in [-0.25, -0.2) is 9.97 Å². The molecule has 2 aromatic rings. The SMILES string of the molecule is CCN(c1cccc(C)c1)c1cc(N2CCN(C=O)CC2)ncn1. The van der Waals surface area contributed by atoms with Gasteiger partial charge in [-0.3, -0.25) is 4.79 Å². The van der Waals surface area contributed by atoms with E-state index in [0.717, 1.165) is 56.5 Å². The molecular weight excluding hydrogens is 302 g/mol. The van der Waals surface area contributed by atoms with E-state index in [1.807, 2.05) is 6.07 Å². The summed E-state index contributed by atoms with van der Waals surface area (Å²) in [5, 5.41) is 0. The summed E-state index contributed by atoms with van der Waals surface area (Å²) in [6.07, 6.45) is 2.54. The fourth-order valence-corrected chi connectivity index (χ4v) is 2.99. The zero-order chi connectivity index (χ0) is 16.9. The van der Waals surface area contributed by atoms with Crippen molar-refractivity contribution in [2.75, 3.05) is 42.5 Å². The molecule has 0 atom stereocenters. The molecule has 0 radical (unpaired) electrons. The Morgan fingerprint density at radius 2 is 1.96 bits per heavy atom. The average Bonchev–Trinajstić information content (AvgIpc) is 2.63. The first-order valence-electron chi connectivity index (χ1n) is 8.32. The Morgan fingerprint density at radius 1 is 1.17 bits per heavy atom. The Labute approximate surface area is 142 Å². The number of hydrogen-bond acceptors (Lipinski definition) is 5. The Morgan fingerprint density at radius 3 is 2.62 bits per heavy atom. The van der Waals surface area contributed by atoms with Crippen LogP contribution < -0.4 is 9.80 Å². The van der Waals surface area contributed by atoms with Gasteiger partial charge in [-0.2, -0.15) is 0 Å². The largest absolute Gasteiger partial charge is 0.353 e. The third-order valence-corrected chi connectivity index (χ3v) is 4.33. The highest BCUT2D eigenvalue weighted by Crippen LogP contribution is 2.26. The molecule has 1 aromatic carbocycles. The maximum Gasteiger partial charge on any atom is 0.209 e. The highest BCUT2D eigenvalue weighted by Gasteiger charge is 2.18. The lowest BCUT2D eigenvalue weighted by Crippen LogP contribution is -2.46. The summed E-state index contributed by atoms with van der Waals surface area (Å²) in [5.74, 6) is 1.81. The number of nitrogens with zero attached hydrogens (tertiary/aromatic N) is 5. The fraction of sp³-hybridized carbons (Fsp3) is 0.389. The molecule has 2 heterocycles. The number of aromatic nitrogens is 2. The van der Waals surface area contributed by atoms with Crippen molar-refractivity contribution >= 4 is 23.7 Å². The number of amides is 1. The number of hydrogen-bond donors (Lipinski definition) is 0. The standard InChI is InChI=1S/C18H23N5O/c1-3-23(16-6-4-5-15(2)11-16)18-12-17(19-13-20-18)22-9-7-21(14-24)8-10-22/h4-6,11-14H,3,7-10H2,1-2H3. The number of piperazine rings is 1. The number of rotatable bonds is 5. The quantitative estimate of drug-likeness (QED) is 0.789. The van der Waals surface area contributed by atoms with E-state index in [-0.39, 0.29) is 0 Å². The summed E-state index contributed by atoms with van der Waals surface area (Å²) in [7, 11) is 0. The molecule has 0 saturated carbocycles. The molecule has 0 aliphatic carbocycles. The molecule has 1 amide bonds. The van der Waals surface area contributed by atoms with E-state index < -0.39 is 0 Å². The van der Waals surface area contributed by atoms with Crippen molar-refractivity contribution in [3.8, 4) is 0 Å². The predicted molar refractivity (Wildman–Crippen MR) is 95.7 cm³/mol. The molecule has 6 heteroatoms. The molecule has 3 rings (SSSR count). The van der Waals surface area contributed by atoms with Crippen molar-refractivity contribution in [2.24, 2.45) is 0 Å². The van der Waals surface area contributed by atoms with Gasteiger partial charge in [0.25, 0.3) is 0 Å². The van der Waals surface area contributed by atoms with Gasteiger partial charge < -0.3 is 14.7 Å². The van der Waals surface area contributed by atoms with Crippen LogP contribution >= 0.6 is 0 Å². The van der Waals surface area contributed by atoms with Crippen LogP contribution in [0.2, 0.25) is 0 Å². The van der Waals surface area contributed by atoms with Crippen LogP contribution in [0.15, 0.2) is 36.7 Å². The molecular formula is C18H23N5O. The van der Waals surface area contributed by atoms with Gasteiger partial charge in [-0.15, -0.1) is 0 Å². The molecule has 126 valence electrons. The summed E-state index contributed by atoms with van der Waals surface area (Å²) in [5.41, 5.74) is 2.36. The maximum atomic E-state index is 10.8. The van der Waals surface area contributed by atoms with Crippen molar-refractivity contribution in [1.29, 1.82) is 0 Å². The van der Waals surface area contributed by atoms with Gasteiger partial charge in [0, 0.05) is 44.5 Å². The Kier molecular flexibility index (Phi) is 4.93. The normalized spacial score (nSPS) is 14.6. The minimum Gasteiger partial charge on any atom is -0.353 e. The van der Waals surface area contributed by atoms with Gasteiger partial charge in [0.2, 0.25) is 6.41 Å². The van der Waals surface area contributed by atoms with Crippen LogP contribution in [-0.4, -0.2) is 54.0 Å².